The highest BCUT2D eigenvalue weighted by Gasteiger charge is 2.16. The van der Waals surface area contributed by atoms with Crippen molar-refractivity contribution in [1.82, 2.24) is 25.0 Å². The fraction of sp³-hybridized carbons (Fsp3) is 0.500. The van der Waals surface area contributed by atoms with E-state index in [9.17, 15) is 4.79 Å². The lowest BCUT2D eigenvalue weighted by atomic mass is 10.1. The molecule has 6 nitrogen and oxygen atoms in total. The fourth-order valence-electron chi connectivity index (χ4n) is 3.45. The number of hydrogen-bond acceptors (Lipinski definition) is 5. The Kier molecular flexibility index (Phi) is 8.31. The van der Waals surface area contributed by atoms with Crippen molar-refractivity contribution < 1.29 is 4.79 Å². The zero-order valence-corrected chi connectivity index (χ0v) is 18.1. The van der Waals surface area contributed by atoms with Crippen LogP contribution in [0.2, 0.25) is 0 Å². The number of allylic oxidation sites excluding steroid dienone is 1. The molecule has 3 rings (SSSR count). The predicted molar refractivity (Wildman–Crippen MR) is 118 cm³/mol. The summed E-state index contributed by atoms with van der Waals surface area (Å²) in [5.74, 6) is 1.30. The molecule has 1 aliphatic rings. The summed E-state index contributed by atoms with van der Waals surface area (Å²) in [7, 11) is 0. The van der Waals surface area contributed by atoms with Gasteiger partial charge in [0.2, 0.25) is 5.91 Å². The molecule has 0 radical (unpaired) electrons. The molecule has 1 fully saturated rings. The number of carbonyl (C=O) groups is 1. The molecule has 1 amide bonds. The van der Waals surface area contributed by atoms with Crippen LogP contribution in [0, 0.1) is 6.92 Å². The SMILES string of the molecule is C=CCn1c(CCN2CCCCC2)nnc1SCC(=O)NCc1ccc(C)cc1. The number of rotatable bonds is 10. The number of aryl methyl sites for hydroxylation is 1. The number of amides is 1. The Hall–Kier alpha value is -2.12. The molecule has 0 unspecified atom stereocenters. The van der Waals surface area contributed by atoms with E-state index in [0.29, 0.717) is 18.8 Å². The number of benzene rings is 1. The van der Waals surface area contributed by atoms with Gasteiger partial charge in [-0.15, -0.1) is 16.8 Å². The van der Waals surface area contributed by atoms with E-state index in [1.54, 1.807) is 0 Å². The van der Waals surface area contributed by atoms with Crippen LogP contribution < -0.4 is 5.32 Å². The smallest absolute Gasteiger partial charge is 0.230 e. The summed E-state index contributed by atoms with van der Waals surface area (Å²) in [6, 6.07) is 8.19. The molecule has 1 aromatic heterocycles. The molecule has 0 bridgehead atoms. The molecular formula is C22H31N5OS. The van der Waals surface area contributed by atoms with E-state index in [-0.39, 0.29) is 5.91 Å². The van der Waals surface area contributed by atoms with E-state index in [4.69, 9.17) is 0 Å². The Bertz CT molecular complexity index is 796. The first-order chi connectivity index (χ1) is 14.2. The van der Waals surface area contributed by atoms with Crippen LogP contribution in [0.5, 0.6) is 0 Å². The summed E-state index contributed by atoms with van der Waals surface area (Å²) >= 11 is 1.43. The van der Waals surface area contributed by atoms with Crippen LogP contribution in [0.25, 0.3) is 0 Å². The molecule has 1 saturated heterocycles. The van der Waals surface area contributed by atoms with Crippen molar-refractivity contribution in [3.8, 4) is 0 Å². The lowest BCUT2D eigenvalue weighted by Gasteiger charge is -2.26. The number of hydrogen-bond donors (Lipinski definition) is 1. The van der Waals surface area contributed by atoms with Crippen LogP contribution in [0.1, 0.15) is 36.2 Å². The van der Waals surface area contributed by atoms with Crippen molar-refractivity contribution in [1.29, 1.82) is 0 Å². The topological polar surface area (TPSA) is 63.1 Å². The van der Waals surface area contributed by atoms with Gasteiger partial charge in [-0.2, -0.15) is 0 Å². The molecule has 156 valence electrons. The Labute approximate surface area is 177 Å². The fourth-order valence-corrected chi connectivity index (χ4v) is 4.25. The third-order valence-corrected chi connectivity index (χ3v) is 6.11. The minimum atomic E-state index is -0.00130. The number of nitrogens with zero attached hydrogens (tertiary/aromatic N) is 4. The minimum absolute atomic E-state index is 0.00130. The standard InChI is InChI=1S/C22H31N5OS/c1-3-12-27-20(11-15-26-13-5-4-6-14-26)24-25-22(27)29-17-21(28)23-16-19-9-7-18(2)8-10-19/h3,7-10H,1,4-6,11-17H2,2H3,(H,23,28). The summed E-state index contributed by atoms with van der Waals surface area (Å²) in [4.78, 5) is 14.8. The zero-order chi connectivity index (χ0) is 20.5. The average molecular weight is 414 g/mol. The second-order valence-corrected chi connectivity index (χ2v) is 8.44. The van der Waals surface area contributed by atoms with Crippen molar-refractivity contribution in [3.63, 3.8) is 0 Å². The van der Waals surface area contributed by atoms with E-state index in [2.05, 4.69) is 50.6 Å². The molecule has 2 heterocycles. The first-order valence-electron chi connectivity index (χ1n) is 10.4. The molecule has 7 heteroatoms. The highest BCUT2D eigenvalue weighted by molar-refractivity contribution is 7.99. The second kappa shape index (κ2) is 11.2. The third kappa shape index (κ3) is 6.72. The van der Waals surface area contributed by atoms with Crippen molar-refractivity contribution in [2.75, 3.05) is 25.4 Å². The highest BCUT2D eigenvalue weighted by atomic mass is 32.2. The van der Waals surface area contributed by atoms with Gasteiger partial charge in [0, 0.05) is 26.1 Å². The number of carbonyl (C=O) groups excluding carboxylic acids is 1. The van der Waals surface area contributed by atoms with E-state index < -0.39 is 0 Å². The van der Waals surface area contributed by atoms with E-state index >= 15 is 0 Å². The molecule has 1 aliphatic heterocycles. The Morgan fingerprint density at radius 1 is 1.21 bits per heavy atom. The lowest BCUT2D eigenvalue weighted by Crippen LogP contribution is -2.32. The van der Waals surface area contributed by atoms with Gasteiger partial charge in [-0.05, 0) is 38.4 Å². The summed E-state index contributed by atoms with van der Waals surface area (Å²) in [5.41, 5.74) is 2.32. The normalized spacial score (nSPS) is 14.7. The van der Waals surface area contributed by atoms with Gasteiger partial charge in [0.05, 0.1) is 5.75 Å². The van der Waals surface area contributed by atoms with Gasteiger partial charge in [-0.1, -0.05) is 54.1 Å². The number of likely N-dealkylation sites (tertiary alicyclic amines) is 1. The number of thioether (sulfide) groups is 1. The van der Waals surface area contributed by atoms with Crippen molar-refractivity contribution in [2.24, 2.45) is 0 Å². The molecule has 29 heavy (non-hydrogen) atoms. The third-order valence-electron chi connectivity index (χ3n) is 5.15. The van der Waals surface area contributed by atoms with Crippen LogP contribution >= 0.6 is 11.8 Å². The molecule has 1 aromatic carbocycles. The average Bonchev–Trinajstić information content (AvgIpc) is 3.13. The summed E-state index contributed by atoms with van der Waals surface area (Å²) in [6.07, 6.45) is 6.66. The number of piperidine rings is 1. The maximum atomic E-state index is 12.2. The first kappa shape index (κ1) is 21.6. The second-order valence-electron chi connectivity index (χ2n) is 7.50. The zero-order valence-electron chi connectivity index (χ0n) is 17.3. The van der Waals surface area contributed by atoms with Crippen LogP contribution in [0.15, 0.2) is 42.1 Å². The first-order valence-corrected chi connectivity index (χ1v) is 11.3. The molecule has 0 spiro atoms. The van der Waals surface area contributed by atoms with Crippen LogP contribution in [-0.4, -0.2) is 51.0 Å². The lowest BCUT2D eigenvalue weighted by molar-refractivity contribution is -0.118. The Balaban J connectivity index is 1.49. The molecular weight excluding hydrogens is 382 g/mol. The monoisotopic (exact) mass is 413 g/mol. The molecule has 1 N–H and O–H groups in total. The van der Waals surface area contributed by atoms with Crippen LogP contribution in [0.3, 0.4) is 0 Å². The number of aromatic nitrogens is 3. The summed E-state index contributed by atoms with van der Waals surface area (Å²) in [5, 5.41) is 12.5. The largest absolute Gasteiger partial charge is 0.351 e. The van der Waals surface area contributed by atoms with Gasteiger partial charge in [-0.25, -0.2) is 0 Å². The van der Waals surface area contributed by atoms with Gasteiger partial charge in [0.25, 0.3) is 0 Å². The molecule has 0 saturated carbocycles. The highest BCUT2D eigenvalue weighted by Crippen LogP contribution is 2.18. The summed E-state index contributed by atoms with van der Waals surface area (Å²) in [6.45, 7) is 10.5. The maximum absolute atomic E-state index is 12.2. The minimum Gasteiger partial charge on any atom is -0.351 e. The maximum Gasteiger partial charge on any atom is 0.230 e. The van der Waals surface area contributed by atoms with E-state index in [1.165, 1.54) is 49.7 Å². The Morgan fingerprint density at radius 2 is 1.97 bits per heavy atom. The quantitative estimate of drug-likeness (QED) is 0.479. The summed E-state index contributed by atoms with van der Waals surface area (Å²) < 4.78 is 2.08. The van der Waals surface area contributed by atoms with Crippen molar-refractivity contribution >= 4 is 17.7 Å². The van der Waals surface area contributed by atoms with Crippen molar-refractivity contribution in [2.45, 2.75) is 50.9 Å². The van der Waals surface area contributed by atoms with E-state index in [0.717, 1.165) is 29.5 Å². The predicted octanol–water partition coefficient (Wildman–Crippen LogP) is 3.21. The van der Waals surface area contributed by atoms with Gasteiger partial charge in [0.1, 0.15) is 5.82 Å². The Morgan fingerprint density at radius 3 is 2.69 bits per heavy atom. The van der Waals surface area contributed by atoms with Gasteiger partial charge in [0.15, 0.2) is 5.16 Å². The van der Waals surface area contributed by atoms with E-state index in [1.807, 2.05) is 18.2 Å². The molecule has 0 atom stereocenters. The van der Waals surface area contributed by atoms with Gasteiger partial charge in [-0.3, -0.25) is 4.79 Å². The van der Waals surface area contributed by atoms with Gasteiger partial charge < -0.3 is 14.8 Å². The van der Waals surface area contributed by atoms with Crippen molar-refractivity contribution in [3.05, 3.63) is 53.9 Å². The molecule has 2 aromatic rings. The number of nitrogens with one attached hydrogen (secondary N) is 1. The van der Waals surface area contributed by atoms with Gasteiger partial charge >= 0.3 is 0 Å². The van der Waals surface area contributed by atoms with Crippen LogP contribution in [-0.2, 0) is 24.3 Å². The van der Waals surface area contributed by atoms with Crippen LogP contribution in [0.4, 0.5) is 0 Å². The molecule has 0 aliphatic carbocycles.